The lowest BCUT2D eigenvalue weighted by Crippen LogP contribution is -2.43. The molecule has 7 nitrogen and oxygen atoms in total. The number of carbonyl (C=O) groups is 3. The summed E-state index contributed by atoms with van der Waals surface area (Å²) in [6.45, 7) is 3.61. The Labute approximate surface area is 170 Å². The SMILES string of the molecule is COc1ccc(C2(C)NC(=O)N(CC(=O)N(C)Cc3ccccc3)C2=O)cc1C. The monoisotopic (exact) mass is 395 g/mol. The molecule has 0 aromatic heterocycles. The van der Waals surface area contributed by atoms with Crippen LogP contribution in [-0.4, -0.2) is 48.3 Å². The molecule has 2 aromatic carbocycles. The van der Waals surface area contributed by atoms with Crippen molar-refractivity contribution in [3.8, 4) is 5.75 Å². The van der Waals surface area contributed by atoms with Crippen LogP contribution >= 0.6 is 0 Å². The first-order valence-corrected chi connectivity index (χ1v) is 9.33. The lowest BCUT2D eigenvalue weighted by Gasteiger charge is -2.24. The fourth-order valence-electron chi connectivity index (χ4n) is 3.43. The number of rotatable bonds is 6. The summed E-state index contributed by atoms with van der Waals surface area (Å²) in [6, 6.07) is 14.3. The zero-order chi connectivity index (χ0) is 21.2. The third-order valence-corrected chi connectivity index (χ3v) is 5.23. The highest BCUT2D eigenvalue weighted by Crippen LogP contribution is 2.31. The predicted molar refractivity (Wildman–Crippen MR) is 108 cm³/mol. The summed E-state index contributed by atoms with van der Waals surface area (Å²) in [5.74, 6) is -0.0651. The van der Waals surface area contributed by atoms with Gasteiger partial charge in [-0.25, -0.2) is 4.79 Å². The standard InChI is InChI=1S/C22H25N3O4/c1-15-12-17(10-11-18(15)29-4)22(2)20(27)25(21(28)23-22)14-19(26)24(3)13-16-8-6-5-7-9-16/h5-12H,13-14H2,1-4H3,(H,23,28). The lowest BCUT2D eigenvalue weighted by atomic mass is 9.90. The van der Waals surface area contributed by atoms with Gasteiger partial charge in [0.25, 0.3) is 5.91 Å². The number of nitrogens with one attached hydrogen (secondary N) is 1. The van der Waals surface area contributed by atoms with Crippen molar-refractivity contribution in [2.24, 2.45) is 0 Å². The number of benzene rings is 2. The highest BCUT2D eigenvalue weighted by atomic mass is 16.5. The van der Waals surface area contributed by atoms with E-state index in [1.807, 2.05) is 43.3 Å². The number of nitrogens with zero attached hydrogens (tertiary/aromatic N) is 2. The number of ether oxygens (including phenoxy) is 1. The van der Waals surface area contributed by atoms with Crippen LogP contribution in [0.25, 0.3) is 0 Å². The van der Waals surface area contributed by atoms with Crippen LogP contribution in [0.3, 0.4) is 0 Å². The Bertz CT molecular complexity index is 944. The molecule has 152 valence electrons. The van der Waals surface area contributed by atoms with E-state index in [1.54, 1.807) is 33.2 Å². The van der Waals surface area contributed by atoms with Gasteiger partial charge >= 0.3 is 6.03 Å². The maximum absolute atomic E-state index is 13.1. The minimum Gasteiger partial charge on any atom is -0.496 e. The quantitative estimate of drug-likeness (QED) is 0.762. The van der Waals surface area contributed by atoms with Gasteiger partial charge in [-0.3, -0.25) is 14.5 Å². The number of methoxy groups -OCH3 is 1. The van der Waals surface area contributed by atoms with E-state index in [0.717, 1.165) is 16.0 Å². The van der Waals surface area contributed by atoms with Gasteiger partial charge in [0.05, 0.1) is 7.11 Å². The van der Waals surface area contributed by atoms with E-state index in [1.165, 1.54) is 4.90 Å². The van der Waals surface area contributed by atoms with Gasteiger partial charge < -0.3 is 15.0 Å². The molecule has 29 heavy (non-hydrogen) atoms. The molecule has 1 heterocycles. The Morgan fingerprint density at radius 1 is 1.17 bits per heavy atom. The molecule has 1 aliphatic heterocycles. The highest BCUT2D eigenvalue weighted by Gasteiger charge is 2.49. The van der Waals surface area contributed by atoms with Crippen molar-refractivity contribution in [1.82, 2.24) is 15.1 Å². The van der Waals surface area contributed by atoms with Crippen molar-refractivity contribution in [1.29, 1.82) is 0 Å². The molecule has 0 aliphatic carbocycles. The number of amides is 4. The zero-order valence-corrected chi connectivity index (χ0v) is 17.1. The van der Waals surface area contributed by atoms with Crippen LogP contribution in [-0.2, 0) is 21.7 Å². The Morgan fingerprint density at radius 3 is 2.48 bits per heavy atom. The summed E-state index contributed by atoms with van der Waals surface area (Å²) in [4.78, 5) is 40.7. The van der Waals surface area contributed by atoms with Crippen LogP contribution in [0, 0.1) is 6.92 Å². The number of carbonyl (C=O) groups excluding carboxylic acids is 3. The molecule has 7 heteroatoms. The van der Waals surface area contributed by atoms with Crippen molar-refractivity contribution in [3.05, 3.63) is 65.2 Å². The summed E-state index contributed by atoms with van der Waals surface area (Å²) in [5, 5.41) is 2.73. The van der Waals surface area contributed by atoms with E-state index < -0.39 is 17.5 Å². The average Bonchev–Trinajstić information content (AvgIpc) is 2.92. The van der Waals surface area contributed by atoms with Gasteiger partial charge in [0.15, 0.2) is 0 Å². The second-order valence-corrected chi connectivity index (χ2v) is 7.37. The minimum absolute atomic E-state index is 0.307. The Morgan fingerprint density at radius 2 is 1.86 bits per heavy atom. The fraction of sp³-hybridized carbons (Fsp3) is 0.318. The molecule has 1 saturated heterocycles. The van der Waals surface area contributed by atoms with Gasteiger partial charge in [-0.2, -0.15) is 0 Å². The van der Waals surface area contributed by atoms with E-state index >= 15 is 0 Å². The van der Waals surface area contributed by atoms with E-state index in [4.69, 9.17) is 4.74 Å². The maximum Gasteiger partial charge on any atom is 0.325 e. The third-order valence-electron chi connectivity index (χ3n) is 5.23. The van der Waals surface area contributed by atoms with Crippen LogP contribution in [0.4, 0.5) is 4.79 Å². The van der Waals surface area contributed by atoms with Crippen LogP contribution in [0.5, 0.6) is 5.75 Å². The second-order valence-electron chi connectivity index (χ2n) is 7.37. The van der Waals surface area contributed by atoms with Crippen molar-refractivity contribution < 1.29 is 19.1 Å². The number of hydrogen-bond donors (Lipinski definition) is 1. The molecular weight excluding hydrogens is 370 g/mol. The minimum atomic E-state index is -1.23. The third kappa shape index (κ3) is 3.94. The summed E-state index contributed by atoms with van der Waals surface area (Å²) < 4.78 is 5.26. The van der Waals surface area contributed by atoms with E-state index in [2.05, 4.69) is 5.32 Å². The van der Waals surface area contributed by atoms with Crippen LogP contribution in [0.2, 0.25) is 0 Å². The summed E-state index contributed by atoms with van der Waals surface area (Å²) in [6.07, 6.45) is 0. The van der Waals surface area contributed by atoms with Crippen molar-refractivity contribution in [2.45, 2.75) is 25.9 Å². The molecule has 1 N–H and O–H groups in total. The molecule has 0 saturated carbocycles. The van der Waals surface area contributed by atoms with Crippen LogP contribution in [0.1, 0.15) is 23.6 Å². The summed E-state index contributed by atoms with van der Waals surface area (Å²) in [5.41, 5.74) is 1.23. The molecule has 1 atom stereocenters. The highest BCUT2D eigenvalue weighted by molar-refractivity contribution is 6.09. The normalized spacial score (nSPS) is 18.6. The van der Waals surface area contributed by atoms with Gasteiger partial charge in [-0.15, -0.1) is 0 Å². The smallest absolute Gasteiger partial charge is 0.325 e. The van der Waals surface area contributed by atoms with E-state index in [-0.39, 0.29) is 12.5 Å². The molecule has 1 unspecified atom stereocenters. The number of urea groups is 1. The number of likely N-dealkylation sites (N-methyl/N-ethyl adjacent to an activating group) is 1. The van der Waals surface area contributed by atoms with Gasteiger partial charge in [-0.05, 0) is 42.7 Å². The van der Waals surface area contributed by atoms with Gasteiger partial charge in [0.2, 0.25) is 5.91 Å². The first-order valence-electron chi connectivity index (χ1n) is 9.33. The molecule has 0 bridgehead atoms. The fourth-order valence-corrected chi connectivity index (χ4v) is 3.43. The molecule has 3 rings (SSSR count). The van der Waals surface area contributed by atoms with Crippen molar-refractivity contribution >= 4 is 17.8 Å². The molecule has 2 aromatic rings. The number of imide groups is 1. The molecular formula is C22H25N3O4. The van der Waals surface area contributed by atoms with Crippen LogP contribution < -0.4 is 10.1 Å². The Balaban J connectivity index is 1.74. The number of hydrogen-bond acceptors (Lipinski definition) is 4. The Kier molecular flexibility index (Phi) is 5.59. The zero-order valence-electron chi connectivity index (χ0n) is 17.1. The molecule has 0 radical (unpaired) electrons. The van der Waals surface area contributed by atoms with E-state index in [9.17, 15) is 14.4 Å². The van der Waals surface area contributed by atoms with E-state index in [0.29, 0.717) is 17.9 Å². The summed E-state index contributed by atoms with van der Waals surface area (Å²) >= 11 is 0. The average molecular weight is 395 g/mol. The summed E-state index contributed by atoms with van der Waals surface area (Å²) in [7, 11) is 3.23. The molecule has 4 amide bonds. The molecule has 1 fully saturated rings. The van der Waals surface area contributed by atoms with Gasteiger partial charge in [0.1, 0.15) is 17.8 Å². The Hall–Kier alpha value is -3.35. The first-order chi connectivity index (χ1) is 13.8. The topological polar surface area (TPSA) is 79.0 Å². The lowest BCUT2D eigenvalue weighted by molar-refractivity contribution is -0.138. The predicted octanol–water partition coefficient (Wildman–Crippen LogP) is 2.43. The van der Waals surface area contributed by atoms with Gasteiger partial charge in [0, 0.05) is 13.6 Å². The van der Waals surface area contributed by atoms with Crippen molar-refractivity contribution in [2.75, 3.05) is 20.7 Å². The maximum atomic E-state index is 13.1. The second kappa shape index (κ2) is 7.95. The number of aryl methyl sites for hydroxylation is 1. The first kappa shape index (κ1) is 20.4. The molecule has 0 spiro atoms. The van der Waals surface area contributed by atoms with Crippen molar-refractivity contribution in [3.63, 3.8) is 0 Å². The molecule has 1 aliphatic rings. The van der Waals surface area contributed by atoms with Crippen LogP contribution in [0.15, 0.2) is 48.5 Å². The van der Waals surface area contributed by atoms with Gasteiger partial charge in [-0.1, -0.05) is 36.4 Å². The largest absolute Gasteiger partial charge is 0.496 e.